The molecule has 0 unspecified atom stereocenters. The SMILES string of the molecule is CCCCOc1cc(N)ccc1C(=O)O. The predicted molar refractivity (Wildman–Crippen MR) is 58.2 cm³/mol. The molecular formula is C11H15NO3. The summed E-state index contributed by atoms with van der Waals surface area (Å²) in [4.78, 5) is 10.8. The molecule has 0 spiro atoms. The number of carboxylic acids is 1. The monoisotopic (exact) mass is 209 g/mol. The van der Waals surface area contributed by atoms with E-state index in [1.165, 1.54) is 6.07 Å². The van der Waals surface area contributed by atoms with Crippen LogP contribution in [-0.4, -0.2) is 17.7 Å². The zero-order valence-corrected chi connectivity index (χ0v) is 8.69. The Morgan fingerprint density at radius 2 is 2.27 bits per heavy atom. The number of unbranched alkanes of at least 4 members (excludes halogenated alkanes) is 1. The van der Waals surface area contributed by atoms with Crippen LogP contribution in [0.5, 0.6) is 5.75 Å². The zero-order valence-electron chi connectivity index (χ0n) is 8.69. The summed E-state index contributed by atoms with van der Waals surface area (Å²) in [5.41, 5.74) is 6.22. The number of nitrogens with two attached hydrogens (primary N) is 1. The third kappa shape index (κ3) is 3.16. The number of carbonyl (C=O) groups is 1. The molecule has 4 nitrogen and oxygen atoms in total. The second kappa shape index (κ2) is 5.24. The van der Waals surface area contributed by atoms with Crippen LogP contribution in [0.3, 0.4) is 0 Å². The first-order valence-electron chi connectivity index (χ1n) is 4.90. The Labute approximate surface area is 88.7 Å². The minimum atomic E-state index is -0.999. The Balaban J connectivity index is 2.82. The fourth-order valence-corrected chi connectivity index (χ4v) is 1.16. The van der Waals surface area contributed by atoms with Crippen molar-refractivity contribution in [2.75, 3.05) is 12.3 Å². The first-order valence-corrected chi connectivity index (χ1v) is 4.90. The molecule has 0 saturated carbocycles. The molecule has 82 valence electrons. The van der Waals surface area contributed by atoms with Gasteiger partial charge in [0.25, 0.3) is 0 Å². The van der Waals surface area contributed by atoms with E-state index in [2.05, 4.69) is 0 Å². The van der Waals surface area contributed by atoms with Gasteiger partial charge in [-0.05, 0) is 18.6 Å². The van der Waals surface area contributed by atoms with E-state index in [0.29, 0.717) is 18.0 Å². The van der Waals surface area contributed by atoms with Gasteiger partial charge in [-0.1, -0.05) is 13.3 Å². The molecule has 1 aromatic rings. The highest BCUT2D eigenvalue weighted by Gasteiger charge is 2.10. The van der Waals surface area contributed by atoms with E-state index in [-0.39, 0.29) is 5.56 Å². The van der Waals surface area contributed by atoms with E-state index in [1.54, 1.807) is 12.1 Å². The lowest BCUT2D eigenvalue weighted by Gasteiger charge is -2.09. The van der Waals surface area contributed by atoms with Gasteiger partial charge in [-0.15, -0.1) is 0 Å². The molecule has 4 heteroatoms. The summed E-state index contributed by atoms with van der Waals surface area (Å²) in [6.45, 7) is 2.56. The summed E-state index contributed by atoms with van der Waals surface area (Å²) >= 11 is 0. The molecule has 1 aromatic carbocycles. The summed E-state index contributed by atoms with van der Waals surface area (Å²) in [5, 5.41) is 8.89. The highest BCUT2D eigenvalue weighted by Crippen LogP contribution is 2.22. The standard InChI is InChI=1S/C11H15NO3/c1-2-3-6-15-10-7-8(12)4-5-9(10)11(13)14/h4-5,7H,2-3,6,12H2,1H3,(H,13,14). The normalized spacial score (nSPS) is 9.93. The number of nitrogen functional groups attached to an aromatic ring is 1. The van der Waals surface area contributed by atoms with Gasteiger partial charge in [0.05, 0.1) is 6.61 Å². The number of rotatable bonds is 5. The third-order valence-corrected chi connectivity index (χ3v) is 1.99. The van der Waals surface area contributed by atoms with Crippen LogP contribution < -0.4 is 10.5 Å². The minimum Gasteiger partial charge on any atom is -0.493 e. The van der Waals surface area contributed by atoms with E-state index >= 15 is 0 Å². The zero-order chi connectivity index (χ0) is 11.3. The Bertz CT molecular complexity index is 350. The minimum absolute atomic E-state index is 0.153. The van der Waals surface area contributed by atoms with Crippen LogP contribution in [-0.2, 0) is 0 Å². The number of ether oxygens (including phenoxy) is 1. The van der Waals surface area contributed by atoms with Gasteiger partial charge in [0.1, 0.15) is 11.3 Å². The molecular weight excluding hydrogens is 194 g/mol. The maximum Gasteiger partial charge on any atom is 0.339 e. The van der Waals surface area contributed by atoms with Crippen LogP contribution in [0.25, 0.3) is 0 Å². The highest BCUT2D eigenvalue weighted by molar-refractivity contribution is 5.91. The molecule has 0 bridgehead atoms. The van der Waals surface area contributed by atoms with Crippen LogP contribution in [0, 0.1) is 0 Å². The molecule has 0 aliphatic heterocycles. The van der Waals surface area contributed by atoms with E-state index in [4.69, 9.17) is 15.6 Å². The molecule has 0 heterocycles. The van der Waals surface area contributed by atoms with Crippen molar-refractivity contribution < 1.29 is 14.6 Å². The van der Waals surface area contributed by atoms with E-state index in [0.717, 1.165) is 12.8 Å². The van der Waals surface area contributed by atoms with Crippen molar-refractivity contribution >= 4 is 11.7 Å². The van der Waals surface area contributed by atoms with Crippen LogP contribution in [0.15, 0.2) is 18.2 Å². The number of aromatic carboxylic acids is 1. The number of carboxylic acid groups (broad SMARTS) is 1. The second-order valence-corrected chi connectivity index (χ2v) is 3.26. The molecule has 3 N–H and O–H groups in total. The third-order valence-electron chi connectivity index (χ3n) is 1.99. The quantitative estimate of drug-likeness (QED) is 0.575. The van der Waals surface area contributed by atoms with Gasteiger partial charge < -0.3 is 15.6 Å². The van der Waals surface area contributed by atoms with Crippen molar-refractivity contribution in [2.45, 2.75) is 19.8 Å². The second-order valence-electron chi connectivity index (χ2n) is 3.26. The van der Waals surface area contributed by atoms with Crippen molar-refractivity contribution in [3.8, 4) is 5.75 Å². The van der Waals surface area contributed by atoms with Gasteiger partial charge in [-0.3, -0.25) is 0 Å². The number of hydrogen-bond donors (Lipinski definition) is 2. The molecule has 0 radical (unpaired) electrons. The van der Waals surface area contributed by atoms with Gasteiger partial charge >= 0.3 is 5.97 Å². The van der Waals surface area contributed by atoms with Crippen molar-refractivity contribution in [1.29, 1.82) is 0 Å². The summed E-state index contributed by atoms with van der Waals surface area (Å²) < 4.78 is 5.36. The van der Waals surface area contributed by atoms with Crippen LogP contribution in [0.4, 0.5) is 5.69 Å². The van der Waals surface area contributed by atoms with Crippen molar-refractivity contribution in [1.82, 2.24) is 0 Å². The summed E-state index contributed by atoms with van der Waals surface area (Å²) in [6, 6.07) is 4.55. The van der Waals surface area contributed by atoms with E-state index in [9.17, 15) is 4.79 Å². The molecule has 1 rings (SSSR count). The predicted octanol–water partition coefficient (Wildman–Crippen LogP) is 2.15. The fraction of sp³-hybridized carbons (Fsp3) is 0.364. The van der Waals surface area contributed by atoms with Gasteiger partial charge in [0, 0.05) is 11.8 Å². The molecule has 0 aromatic heterocycles. The average Bonchev–Trinajstić information content (AvgIpc) is 2.18. The van der Waals surface area contributed by atoms with Crippen LogP contribution >= 0.6 is 0 Å². The summed E-state index contributed by atoms with van der Waals surface area (Å²) in [6.07, 6.45) is 1.90. The molecule has 0 amide bonds. The number of benzene rings is 1. The topological polar surface area (TPSA) is 72.5 Å². The molecule has 0 aliphatic carbocycles. The summed E-state index contributed by atoms with van der Waals surface area (Å²) in [5.74, 6) is -0.655. The molecule has 0 atom stereocenters. The maximum atomic E-state index is 10.8. The molecule has 15 heavy (non-hydrogen) atoms. The van der Waals surface area contributed by atoms with Crippen molar-refractivity contribution in [3.63, 3.8) is 0 Å². The highest BCUT2D eigenvalue weighted by atomic mass is 16.5. The number of anilines is 1. The maximum absolute atomic E-state index is 10.8. The smallest absolute Gasteiger partial charge is 0.339 e. The largest absolute Gasteiger partial charge is 0.493 e. The fourth-order valence-electron chi connectivity index (χ4n) is 1.16. The van der Waals surface area contributed by atoms with Gasteiger partial charge in [-0.2, -0.15) is 0 Å². The van der Waals surface area contributed by atoms with Crippen LogP contribution in [0.1, 0.15) is 30.1 Å². The Morgan fingerprint density at radius 3 is 2.87 bits per heavy atom. The molecule has 0 aliphatic rings. The molecule has 0 saturated heterocycles. The van der Waals surface area contributed by atoms with Gasteiger partial charge in [0.2, 0.25) is 0 Å². The van der Waals surface area contributed by atoms with Crippen molar-refractivity contribution in [2.24, 2.45) is 0 Å². The van der Waals surface area contributed by atoms with Crippen molar-refractivity contribution in [3.05, 3.63) is 23.8 Å². The van der Waals surface area contributed by atoms with E-state index < -0.39 is 5.97 Å². The lowest BCUT2D eigenvalue weighted by molar-refractivity contribution is 0.0692. The Morgan fingerprint density at radius 1 is 1.53 bits per heavy atom. The lowest BCUT2D eigenvalue weighted by Crippen LogP contribution is -2.05. The van der Waals surface area contributed by atoms with Crippen LogP contribution in [0.2, 0.25) is 0 Å². The lowest BCUT2D eigenvalue weighted by atomic mass is 10.2. The van der Waals surface area contributed by atoms with Gasteiger partial charge in [0.15, 0.2) is 0 Å². The molecule has 0 fully saturated rings. The summed E-state index contributed by atoms with van der Waals surface area (Å²) in [7, 11) is 0. The first kappa shape index (κ1) is 11.4. The Hall–Kier alpha value is -1.71. The van der Waals surface area contributed by atoms with E-state index in [1.807, 2.05) is 6.92 Å². The first-order chi connectivity index (χ1) is 7.15. The Kier molecular flexibility index (Phi) is 3.97. The number of hydrogen-bond acceptors (Lipinski definition) is 3. The average molecular weight is 209 g/mol. The van der Waals surface area contributed by atoms with Gasteiger partial charge in [-0.25, -0.2) is 4.79 Å².